The molecule has 0 radical (unpaired) electrons. The number of amides is 3. The summed E-state index contributed by atoms with van der Waals surface area (Å²) < 4.78 is 0. The first kappa shape index (κ1) is 19.2. The Morgan fingerprint density at radius 1 is 1.00 bits per heavy atom. The highest BCUT2D eigenvalue weighted by Gasteiger charge is 2.22. The third kappa shape index (κ3) is 5.44. The zero-order valence-electron chi connectivity index (χ0n) is 14.6. The molecule has 0 aliphatic rings. The van der Waals surface area contributed by atoms with E-state index in [4.69, 9.17) is 5.11 Å². The van der Waals surface area contributed by atoms with Crippen LogP contribution in [0, 0.1) is 0 Å². The van der Waals surface area contributed by atoms with E-state index in [1.165, 1.54) is 0 Å². The van der Waals surface area contributed by atoms with E-state index in [9.17, 15) is 14.4 Å². The van der Waals surface area contributed by atoms with E-state index in [-0.39, 0.29) is 6.54 Å². The molecule has 0 aliphatic heterocycles. The monoisotopic (exact) mass is 354 g/mol. The van der Waals surface area contributed by atoms with Crippen LogP contribution >= 0.6 is 0 Å². The SMILES string of the molecule is CCCN(C(=O)NCC(=O)O)C(=O)c1cccc(Cc2ccccc2)c1. The maximum atomic E-state index is 12.7. The molecule has 0 bridgehead atoms. The van der Waals surface area contributed by atoms with Crippen molar-refractivity contribution in [2.75, 3.05) is 13.1 Å². The van der Waals surface area contributed by atoms with Gasteiger partial charge in [-0.3, -0.25) is 14.5 Å². The molecule has 0 spiro atoms. The molecule has 2 rings (SSSR count). The first-order valence-corrected chi connectivity index (χ1v) is 8.45. The molecule has 3 amide bonds. The van der Waals surface area contributed by atoms with E-state index in [0.29, 0.717) is 18.4 Å². The second kappa shape index (κ2) is 9.36. The fraction of sp³-hybridized carbons (Fsp3) is 0.250. The number of carboxylic acids is 1. The molecule has 136 valence electrons. The number of benzene rings is 2. The maximum absolute atomic E-state index is 12.7. The van der Waals surface area contributed by atoms with Gasteiger partial charge in [-0.05, 0) is 36.1 Å². The Morgan fingerprint density at radius 2 is 1.69 bits per heavy atom. The number of hydrogen-bond acceptors (Lipinski definition) is 3. The summed E-state index contributed by atoms with van der Waals surface area (Å²) in [5.74, 6) is -1.60. The average molecular weight is 354 g/mol. The highest BCUT2D eigenvalue weighted by atomic mass is 16.4. The topological polar surface area (TPSA) is 86.7 Å². The highest BCUT2D eigenvalue weighted by Crippen LogP contribution is 2.13. The lowest BCUT2D eigenvalue weighted by Gasteiger charge is -2.20. The van der Waals surface area contributed by atoms with Crippen LogP contribution in [-0.2, 0) is 11.2 Å². The van der Waals surface area contributed by atoms with Crippen LogP contribution in [0.4, 0.5) is 4.79 Å². The van der Waals surface area contributed by atoms with E-state index in [0.717, 1.165) is 16.0 Å². The number of rotatable bonds is 7. The van der Waals surface area contributed by atoms with Gasteiger partial charge in [0.25, 0.3) is 5.91 Å². The van der Waals surface area contributed by atoms with Crippen LogP contribution in [0.1, 0.15) is 34.8 Å². The number of nitrogens with one attached hydrogen (secondary N) is 1. The molecule has 2 aromatic carbocycles. The smallest absolute Gasteiger partial charge is 0.324 e. The molecular weight excluding hydrogens is 332 g/mol. The number of carbonyl (C=O) groups excluding carboxylic acids is 2. The molecular formula is C20H22N2O4. The van der Waals surface area contributed by atoms with E-state index in [2.05, 4.69) is 5.32 Å². The van der Waals surface area contributed by atoms with Gasteiger partial charge in [0, 0.05) is 12.1 Å². The van der Waals surface area contributed by atoms with Gasteiger partial charge in [0.15, 0.2) is 0 Å². The zero-order chi connectivity index (χ0) is 18.9. The number of hydrogen-bond donors (Lipinski definition) is 2. The molecule has 2 aromatic rings. The van der Waals surface area contributed by atoms with Crippen molar-refractivity contribution in [3.63, 3.8) is 0 Å². The van der Waals surface area contributed by atoms with Crippen LogP contribution in [0.15, 0.2) is 54.6 Å². The van der Waals surface area contributed by atoms with Crippen molar-refractivity contribution < 1.29 is 19.5 Å². The lowest BCUT2D eigenvalue weighted by Crippen LogP contribution is -2.45. The van der Waals surface area contributed by atoms with Gasteiger partial charge in [-0.2, -0.15) is 0 Å². The molecule has 6 heteroatoms. The molecule has 0 saturated heterocycles. The first-order chi connectivity index (χ1) is 12.5. The van der Waals surface area contributed by atoms with Crippen LogP contribution in [0.25, 0.3) is 0 Å². The van der Waals surface area contributed by atoms with Crippen LogP contribution in [0.3, 0.4) is 0 Å². The van der Waals surface area contributed by atoms with Gasteiger partial charge in [0.2, 0.25) is 0 Å². The molecule has 0 aromatic heterocycles. The Bertz CT molecular complexity index is 774. The molecule has 26 heavy (non-hydrogen) atoms. The normalized spacial score (nSPS) is 10.2. The number of aliphatic carboxylic acids is 1. The Labute approximate surface area is 152 Å². The molecule has 0 unspecified atom stereocenters. The van der Waals surface area contributed by atoms with Gasteiger partial charge >= 0.3 is 12.0 Å². The Balaban J connectivity index is 2.16. The van der Waals surface area contributed by atoms with Crippen molar-refractivity contribution in [3.05, 3.63) is 71.3 Å². The second-order valence-corrected chi connectivity index (χ2v) is 5.87. The van der Waals surface area contributed by atoms with E-state index in [1.807, 2.05) is 43.3 Å². The largest absolute Gasteiger partial charge is 0.480 e. The molecule has 6 nitrogen and oxygen atoms in total. The highest BCUT2D eigenvalue weighted by molar-refractivity contribution is 6.04. The predicted octanol–water partition coefficient (Wildman–Crippen LogP) is 2.92. The van der Waals surface area contributed by atoms with Crippen molar-refractivity contribution >= 4 is 17.9 Å². The molecule has 0 atom stereocenters. The van der Waals surface area contributed by atoms with E-state index >= 15 is 0 Å². The van der Waals surface area contributed by atoms with Gasteiger partial charge in [-0.1, -0.05) is 49.4 Å². The van der Waals surface area contributed by atoms with Gasteiger partial charge in [-0.25, -0.2) is 4.79 Å². The number of carbonyl (C=O) groups is 3. The first-order valence-electron chi connectivity index (χ1n) is 8.45. The molecule has 0 aliphatic carbocycles. The van der Waals surface area contributed by atoms with Crippen molar-refractivity contribution in [1.82, 2.24) is 10.2 Å². The quantitative estimate of drug-likeness (QED) is 0.800. The predicted molar refractivity (Wildman–Crippen MR) is 98.1 cm³/mol. The Morgan fingerprint density at radius 3 is 2.35 bits per heavy atom. The minimum Gasteiger partial charge on any atom is -0.480 e. The summed E-state index contributed by atoms with van der Waals surface area (Å²) in [6.45, 7) is 1.53. The van der Waals surface area contributed by atoms with Crippen molar-refractivity contribution in [3.8, 4) is 0 Å². The molecule has 2 N–H and O–H groups in total. The van der Waals surface area contributed by atoms with Crippen molar-refractivity contribution in [2.24, 2.45) is 0 Å². The summed E-state index contributed by atoms with van der Waals surface area (Å²) in [5.41, 5.74) is 2.49. The van der Waals surface area contributed by atoms with Crippen molar-refractivity contribution in [2.45, 2.75) is 19.8 Å². The number of urea groups is 1. The third-order valence-electron chi connectivity index (χ3n) is 3.75. The zero-order valence-corrected chi connectivity index (χ0v) is 14.6. The minimum atomic E-state index is -1.16. The van der Waals surface area contributed by atoms with Gasteiger partial charge in [0.1, 0.15) is 6.54 Å². The minimum absolute atomic E-state index is 0.215. The lowest BCUT2D eigenvalue weighted by molar-refractivity contribution is -0.135. The second-order valence-electron chi connectivity index (χ2n) is 5.87. The number of carboxylic acid groups (broad SMARTS) is 1. The lowest BCUT2D eigenvalue weighted by atomic mass is 10.0. The Hall–Kier alpha value is -3.15. The average Bonchev–Trinajstić information content (AvgIpc) is 2.64. The molecule has 0 saturated carbocycles. The maximum Gasteiger partial charge on any atom is 0.324 e. The van der Waals surface area contributed by atoms with Crippen LogP contribution in [0.5, 0.6) is 0 Å². The van der Waals surface area contributed by atoms with Crippen LogP contribution < -0.4 is 5.32 Å². The summed E-state index contributed by atoms with van der Waals surface area (Å²) in [5, 5.41) is 10.9. The summed E-state index contributed by atoms with van der Waals surface area (Å²) >= 11 is 0. The summed E-state index contributed by atoms with van der Waals surface area (Å²) in [6.07, 6.45) is 1.26. The fourth-order valence-electron chi connectivity index (χ4n) is 2.57. The van der Waals surface area contributed by atoms with E-state index in [1.54, 1.807) is 18.2 Å². The summed E-state index contributed by atoms with van der Waals surface area (Å²) in [7, 11) is 0. The van der Waals surface area contributed by atoms with E-state index < -0.39 is 24.5 Å². The third-order valence-corrected chi connectivity index (χ3v) is 3.75. The molecule has 0 fully saturated rings. The van der Waals surface area contributed by atoms with Crippen molar-refractivity contribution in [1.29, 1.82) is 0 Å². The Kier molecular flexibility index (Phi) is 6.91. The van der Waals surface area contributed by atoms with Gasteiger partial charge in [0.05, 0.1) is 0 Å². The standard InChI is InChI=1S/C20H22N2O4/c1-2-11-22(20(26)21-14-18(23)24)19(25)17-10-6-9-16(13-17)12-15-7-4-3-5-8-15/h3-10,13H,2,11-12,14H2,1H3,(H,21,26)(H,23,24). The van der Waals surface area contributed by atoms with Gasteiger partial charge < -0.3 is 10.4 Å². The van der Waals surface area contributed by atoms with Gasteiger partial charge in [-0.15, -0.1) is 0 Å². The summed E-state index contributed by atoms with van der Waals surface area (Å²) in [6, 6.07) is 16.3. The van der Waals surface area contributed by atoms with Crippen LogP contribution in [0.2, 0.25) is 0 Å². The number of nitrogens with zero attached hydrogens (tertiary/aromatic N) is 1. The fourth-order valence-corrected chi connectivity index (χ4v) is 2.57. The number of imide groups is 1. The summed E-state index contributed by atoms with van der Waals surface area (Å²) in [4.78, 5) is 36.6. The molecule has 0 heterocycles. The van der Waals surface area contributed by atoms with Crippen LogP contribution in [-0.4, -0.2) is 41.0 Å².